The van der Waals surface area contributed by atoms with Crippen LogP contribution in [-0.2, 0) is 9.84 Å². The van der Waals surface area contributed by atoms with Gasteiger partial charge in [0.25, 0.3) is 5.91 Å². The number of halogens is 2. The van der Waals surface area contributed by atoms with Gasteiger partial charge in [-0.15, -0.1) is 11.3 Å². The molecule has 0 spiro atoms. The Kier molecular flexibility index (Phi) is 5.28. The summed E-state index contributed by atoms with van der Waals surface area (Å²) in [5, 5.41) is 7.13. The minimum atomic E-state index is -4.74. The van der Waals surface area contributed by atoms with Gasteiger partial charge in [0.1, 0.15) is 4.88 Å². The standard InChI is InChI=1S/C12H16F2N2O3S2/c13-12(14)21(18,19)9-3-6-20-10(9)11(17)16-5-2-8-1-4-15-7-8/h3,6,8,12,15H,1-2,4-5,7H2,(H,16,17). The minimum Gasteiger partial charge on any atom is -0.351 e. The van der Waals surface area contributed by atoms with Crippen molar-refractivity contribution in [1.82, 2.24) is 10.6 Å². The molecule has 1 aliphatic heterocycles. The predicted octanol–water partition coefficient (Wildman–Crippen LogP) is 1.47. The van der Waals surface area contributed by atoms with E-state index < -0.39 is 26.4 Å². The normalized spacial score (nSPS) is 19.1. The SMILES string of the molecule is O=C(NCCC1CCNC1)c1sccc1S(=O)(=O)C(F)F. The maximum absolute atomic E-state index is 12.6. The Bertz CT molecular complexity index is 595. The first kappa shape index (κ1) is 16.3. The molecule has 0 bridgehead atoms. The zero-order valence-corrected chi connectivity index (χ0v) is 12.8. The highest BCUT2D eigenvalue weighted by Gasteiger charge is 2.32. The Hall–Kier alpha value is -1.06. The van der Waals surface area contributed by atoms with E-state index in [0.29, 0.717) is 12.5 Å². The molecule has 1 atom stereocenters. The van der Waals surface area contributed by atoms with Crippen LogP contribution in [-0.4, -0.2) is 39.7 Å². The van der Waals surface area contributed by atoms with Gasteiger partial charge in [-0.25, -0.2) is 8.42 Å². The van der Waals surface area contributed by atoms with E-state index in [1.807, 2.05) is 0 Å². The third-order valence-electron chi connectivity index (χ3n) is 3.38. The first-order valence-corrected chi connectivity index (χ1v) is 8.94. The molecule has 0 aromatic carbocycles. The van der Waals surface area contributed by atoms with Gasteiger partial charge in [-0.1, -0.05) is 0 Å². The van der Waals surface area contributed by atoms with Gasteiger partial charge in [-0.3, -0.25) is 4.79 Å². The zero-order chi connectivity index (χ0) is 15.5. The zero-order valence-electron chi connectivity index (χ0n) is 11.1. The van der Waals surface area contributed by atoms with Gasteiger partial charge in [-0.2, -0.15) is 8.78 Å². The van der Waals surface area contributed by atoms with Crippen molar-refractivity contribution in [3.63, 3.8) is 0 Å². The molecule has 21 heavy (non-hydrogen) atoms. The summed E-state index contributed by atoms with van der Waals surface area (Å²) >= 11 is 0.848. The minimum absolute atomic E-state index is 0.181. The van der Waals surface area contributed by atoms with E-state index in [0.717, 1.165) is 43.3 Å². The van der Waals surface area contributed by atoms with Crippen molar-refractivity contribution in [1.29, 1.82) is 0 Å². The van der Waals surface area contributed by atoms with E-state index in [9.17, 15) is 22.0 Å². The smallest absolute Gasteiger partial charge is 0.341 e. The molecule has 1 fully saturated rings. The van der Waals surface area contributed by atoms with Crippen LogP contribution >= 0.6 is 11.3 Å². The largest absolute Gasteiger partial charge is 0.351 e. The first-order chi connectivity index (χ1) is 9.93. The van der Waals surface area contributed by atoms with Crippen molar-refractivity contribution in [2.75, 3.05) is 19.6 Å². The maximum atomic E-state index is 12.6. The van der Waals surface area contributed by atoms with Crippen LogP contribution in [0, 0.1) is 5.92 Å². The number of amides is 1. The average Bonchev–Trinajstić information content (AvgIpc) is 3.09. The number of sulfone groups is 1. The van der Waals surface area contributed by atoms with Crippen molar-refractivity contribution in [3.05, 3.63) is 16.3 Å². The van der Waals surface area contributed by atoms with E-state index in [1.165, 1.54) is 5.38 Å². The number of carbonyl (C=O) groups excluding carboxylic acids is 1. The topological polar surface area (TPSA) is 75.3 Å². The summed E-state index contributed by atoms with van der Waals surface area (Å²) in [6.45, 7) is 2.26. The molecule has 0 radical (unpaired) electrons. The van der Waals surface area contributed by atoms with Crippen LogP contribution in [0.5, 0.6) is 0 Å². The van der Waals surface area contributed by atoms with Crippen LogP contribution in [0.4, 0.5) is 8.78 Å². The molecule has 2 heterocycles. The molecular weight excluding hydrogens is 322 g/mol. The number of hydrogen-bond acceptors (Lipinski definition) is 5. The summed E-state index contributed by atoms with van der Waals surface area (Å²) in [6, 6.07) is 1.04. The van der Waals surface area contributed by atoms with Gasteiger partial charge >= 0.3 is 5.76 Å². The quantitative estimate of drug-likeness (QED) is 0.824. The number of alkyl halides is 2. The maximum Gasteiger partial charge on any atom is 0.341 e. The number of rotatable bonds is 6. The molecule has 1 aromatic rings. The lowest BCUT2D eigenvalue weighted by Gasteiger charge is -2.09. The van der Waals surface area contributed by atoms with Gasteiger partial charge in [0.2, 0.25) is 9.84 Å². The molecule has 118 valence electrons. The lowest BCUT2D eigenvalue weighted by molar-refractivity contribution is 0.0952. The highest BCUT2D eigenvalue weighted by atomic mass is 32.2. The molecular formula is C12H16F2N2O3S2. The van der Waals surface area contributed by atoms with Crippen LogP contribution < -0.4 is 10.6 Å². The fraction of sp³-hybridized carbons (Fsp3) is 0.583. The lowest BCUT2D eigenvalue weighted by atomic mass is 10.1. The van der Waals surface area contributed by atoms with E-state index in [2.05, 4.69) is 10.6 Å². The summed E-state index contributed by atoms with van der Waals surface area (Å²) in [5.41, 5.74) is 0. The molecule has 1 aromatic heterocycles. The van der Waals surface area contributed by atoms with Gasteiger partial charge in [0.05, 0.1) is 4.90 Å². The van der Waals surface area contributed by atoms with Crippen LogP contribution in [0.25, 0.3) is 0 Å². The van der Waals surface area contributed by atoms with Crippen molar-refractivity contribution < 1.29 is 22.0 Å². The Morgan fingerprint density at radius 1 is 1.52 bits per heavy atom. The number of carbonyl (C=O) groups is 1. The highest BCUT2D eigenvalue weighted by Crippen LogP contribution is 2.26. The Balaban J connectivity index is 1.98. The Morgan fingerprint density at radius 3 is 2.90 bits per heavy atom. The van der Waals surface area contributed by atoms with Gasteiger partial charge < -0.3 is 10.6 Å². The van der Waals surface area contributed by atoms with E-state index in [-0.39, 0.29) is 4.88 Å². The second-order valence-electron chi connectivity index (χ2n) is 4.82. The molecule has 2 rings (SSSR count). The van der Waals surface area contributed by atoms with Crippen molar-refractivity contribution >= 4 is 27.1 Å². The molecule has 1 unspecified atom stereocenters. The second kappa shape index (κ2) is 6.80. The third-order valence-corrected chi connectivity index (χ3v) is 5.84. The molecule has 9 heteroatoms. The van der Waals surface area contributed by atoms with Crippen molar-refractivity contribution in [3.8, 4) is 0 Å². The van der Waals surface area contributed by atoms with E-state index in [1.54, 1.807) is 0 Å². The van der Waals surface area contributed by atoms with Crippen LogP contribution in [0.15, 0.2) is 16.3 Å². The summed E-state index contributed by atoms with van der Waals surface area (Å²) in [4.78, 5) is 11.2. The second-order valence-corrected chi connectivity index (χ2v) is 7.63. The summed E-state index contributed by atoms with van der Waals surface area (Å²) < 4.78 is 48.0. The number of nitrogens with one attached hydrogen (secondary N) is 2. The van der Waals surface area contributed by atoms with E-state index >= 15 is 0 Å². The van der Waals surface area contributed by atoms with Gasteiger partial charge in [0.15, 0.2) is 0 Å². The third kappa shape index (κ3) is 3.78. The van der Waals surface area contributed by atoms with Crippen LogP contribution in [0.1, 0.15) is 22.5 Å². The van der Waals surface area contributed by atoms with Gasteiger partial charge in [0, 0.05) is 6.54 Å². The fourth-order valence-corrected chi connectivity index (χ4v) is 4.30. The molecule has 1 aliphatic rings. The molecule has 1 amide bonds. The molecule has 2 N–H and O–H groups in total. The molecule has 5 nitrogen and oxygen atoms in total. The predicted molar refractivity (Wildman–Crippen MR) is 75.4 cm³/mol. The number of thiophene rings is 1. The van der Waals surface area contributed by atoms with Crippen molar-refractivity contribution in [2.45, 2.75) is 23.5 Å². The number of hydrogen-bond donors (Lipinski definition) is 2. The summed E-state index contributed by atoms with van der Waals surface area (Å²) in [6.07, 6.45) is 1.82. The fourth-order valence-electron chi connectivity index (χ4n) is 2.21. The van der Waals surface area contributed by atoms with E-state index in [4.69, 9.17) is 0 Å². The molecule has 1 saturated heterocycles. The summed E-state index contributed by atoms with van der Waals surface area (Å²) in [5.74, 6) is -3.66. The van der Waals surface area contributed by atoms with Gasteiger partial charge in [-0.05, 0) is 43.3 Å². The Labute approximate surface area is 125 Å². The highest BCUT2D eigenvalue weighted by molar-refractivity contribution is 7.92. The monoisotopic (exact) mass is 338 g/mol. The van der Waals surface area contributed by atoms with Crippen LogP contribution in [0.2, 0.25) is 0 Å². The molecule has 0 aliphatic carbocycles. The average molecular weight is 338 g/mol. The summed E-state index contributed by atoms with van der Waals surface area (Å²) in [7, 11) is -4.74. The first-order valence-electron chi connectivity index (χ1n) is 6.51. The van der Waals surface area contributed by atoms with Crippen molar-refractivity contribution in [2.24, 2.45) is 5.92 Å². The Morgan fingerprint density at radius 2 is 2.29 bits per heavy atom. The van der Waals surface area contributed by atoms with Crippen LogP contribution in [0.3, 0.4) is 0 Å². The molecule has 0 saturated carbocycles. The lowest BCUT2D eigenvalue weighted by Crippen LogP contribution is -2.27.